The van der Waals surface area contributed by atoms with Gasteiger partial charge in [-0.2, -0.15) is 0 Å². The van der Waals surface area contributed by atoms with Gasteiger partial charge >= 0.3 is 0 Å². The van der Waals surface area contributed by atoms with Crippen LogP contribution in [0.1, 0.15) is 5.56 Å². The van der Waals surface area contributed by atoms with Crippen molar-refractivity contribution in [2.75, 3.05) is 0 Å². The summed E-state index contributed by atoms with van der Waals surface area (Å²) in [4.78, 5) is 0. The molecule has 1 aliphatic heterocycles. The number of alkyl halides is 1. The van der Waals surface area contributed by atoms with Gasteiger partial charge in [0.25, 0.3) is 0 Å². The lowest BCUT2D eigenvalue weighted by Crippen LogP contribution is -2.15. The highest BCUT2D eigenvalue weighted by Crippen LogP contribution is 2.75. The van der Waals surface area contributed by atoms with Crippen LogP contribution in [0.4, 0.5) is 0 Å². The summed E-state index contributed by atoms with van der Waals surface area (Å²) in [6.45, 7) is 0. The molecule has 0 aromatic heterocycles. The minimum absolute atomic E-state index is 0.107. The molecule has 0 radical (unpaired) electrons. The number of hydrogen-bond donors (Lipinski definition) is 0. The summed E-state index contributed by atoms with van der Waals surface area (Å²) in [7, 11) is 0. The van der Waals surface area contributed by atoms with Gasteiger partial charge in [0.2, 0.25) is 0 Å². The summed E-state index contributed by atoms with van der Waals surface area (Å²) in [6.07, 6.45) is 8.74. The highest BCUT2D eigenvalue weighted by Gasteiger charge is 2.66. The Hall–Kier alpha value is -0.470. The van der Waals surface area contributed by atoms with Crippen molar-refractivity contribution in [2.24, 2.45) is 0 Å². The van der Waals surface area contributed by atoms with E-state index in [0.29, 0.717) is 0 Å². The molecule has 2 aliphatic rings. The second kappa shape index (κ2) is 2.77. The molecule has 1 aromatic rings. The molecule has 1 heterocycles. The average molecular weight is 265 g/mol. The molecule has 0 nitrogen and oxygen atoms in total. The van der Waals surface area contributed by atoms with E-state index in [2.05, 4.69) is 70.6 Å². The lowest BCUT2D eigenvalue weighted by Gasteiger charge is -2.15. The van der Waals surface area contributed by atoms with Crippen molar-refractivity contribution in [1.29, 1.82) is 0 Å². The van der Waals surface area contributed by atoms with Gasteiger partial charge in [0.15, 0.2) is 0 Å². The van der Waals surface area contributed by atoms with Crippen molar-refractivity contribution in [1.82, 2.24) is 0 Å². The van der Waals surface area contributed by atoms with E-state index in [1.165, 1.54) is 5.56 Å². The molecule has 0 amide bonds. The third kappa shape index (κ3) is 1.01. The Morgan fingerprint density at radius 1 is 1.00 bits per heavy atom. The molecular weight excluding hydrogens is 256 g/mol. The lowest BCUT2D eigenvalue weighted by atomic mass is 9.92. The first kappa shape index (κ1) is 8.81. The van der Waals surface area contributed by atoms with E-state index in [9.17, 15) is 0 Å². The Morgan fingerprint density at radius 3 is 2.43 bits per heavy atom. The van der Waals surface area contributed by atoms with E-state index in [0.717, 1.165) is 0 Å². The van der Waals surface area contributed by atoms with Gasteiger partial charge in [-0.1, -0.05) is 70.6 Å². The van der Waals surface area contributed by atoms with Crippen LogP contribution in [0, 0.1) is 0 Å². The molecule has 1 aromatic carbocycles. The highest BCUT2D eigenvalue weighted by atomic mass is 79.9. The van der Waals surface area contributed by atoms with Gasteiger partial charge in [-0.05, 0) is 5.56 Å². The highest BCUT2D eigenvalue weighted by molar-refractivity contribution is 9.12. The zero-order valence-corrected chi connectivity index (χ0v) is 9.88. The first-order valence-corrected chi connectivity index (χ1v) is 6.19. The van der Waals surface area contributed by atoms with E-state index in [1.54, 1.807) is 0 Å². The summed E-state index contributed by atoms with van der Waals surface area (Å²) in [5.41, 5.74) is 1.38. The van der Waals surface area contributed by atoms with Crippen molar-refractivity contribution in [3.05, 3.63) is 60.2 Å². The Labute approximate surface area is 96.2 Å². The second-order valence-electron chi connectivity index (χ2n) is 3.57. The Kier molecular flexibility index (Phi) is 1.74. The molecule has 2 atom stereocenters. The van der Waals surface area contributed by atoms with E-state index in [4.69, 9.17) is 0 Å². The standard InChI is InChI=1S/C12H9BrS/c13-12-9-5-4-8-11(12,14-12)10-6-2-1-3-7-10/h1-9H. The van der Waals surface area contributed by atoms with E-state index < -0.39 is 0 Å². The minimum atomic E-state index is 0.107. The van der Waals surface area contributed by atoms with Crippen molar-refractivity contribution >= 4 is 27.7 Å². The number of rotatable bonds is 1. The number of thioether (sulfide) groups is 1. The molecule has 1 saturated heterocycles. The molecule has 0 N–H and O–H groups in total. The van der Waals surface area contributed by atoms with Crippen molar-refractivity contribution in [3.63, 3.8) is 0 Å². The Morgan fingerprint density at radius 2 is 1.71 bits per heavy atom. The monoisotopic (exact) mass is 264 g/mol. The number of hydrogen-bond acceptors (Lipinski definition) is 1. The summed E-state index contributed by atoms with van der Waals surface area (Å²) in [5, 5.41) is 0. The SMILES string of the molecule is BrC12C=CC=CC1(c1ccccc1)S2. The zero-order chi connectivity index (χ0) is 9.65. The molecule has 0 bridgehead atoms. The number of halogens is 1. The van der Waals surface area contributed by atoms with Crippen LogP contribution in [-0.2, 0) is 4.75 Å². The average Bonchev–Trinajstić information content (AvgIpc) is 2.87. The third-order valence-corrected chi connectivity index (χ3v) is 5.93. The third-order valence-electron chi connectivity index (χ3n) is 2.73. The number of fused-ring (bicyclic) bond motifs is 1. The second-order valence-corrected chi connectivity index (χ2v) is 6.83. The molecule has 2 heteroatoms. The fourth-order valence-corrected chi connectivity index (χ4v) is 4.42. The molecule has 0 saturated carbocycles. The van der Waals surface area contributed by atoms with Crippen molar-refractivity contribution in [2.45, 2.75) is 8.40 Å². The molecule has 2 unspecified atom stereocenters. The van der Waals surface area contributed by atoms with Gasteiger partial charge < -0.3 is 0 Å². The zero-order valence-electron chi connectivity index (χ0n) is 7.48. The predicted molar refractivity (Wildman–Crippen MR) is 65.6 cm³/mol. The number of allylic oxidation sites excluding steroid dienone is 2. The quantitative estimate of drug-likeness (QED) is 0.549. The van der Waals surface area contributed by atoms with Crippen LogP contribution >= 0.6 is 27.7 Å². The smallest absolute Gasteiger partial charge is 0.113 e. The maximum atomic E-state index is 3.79. The normalized spacial score (nSPS) is 38.1. The topological polar surface area (TPSA) is 0 Å². The number of benzene rings is 1. The Balaban J connectivity index is 2.10. The van der Waals surface area contributed by atoms with Gasteiger partial charge in [-0.3, -0.25) is 0 Å². The largest absolute Gasteiger partial charge is 0.118 e. The lowest BCUT2D eigenvalue weighted by molar-refractivity contribution is 0.876. The predicted octanol–water partition coefficient (Wildman–Crippen LogP) is 3.85. The fraction of sp³-hybridized carbons (Fsp3) is 0.167. The van der Waals surface area contributed by atoms with Crippen LogP contribution in [0.15, 0.2) is 54.6 Å². The molecule has 70 valence electrons. The fourth-order valence-electron chi connectivity index (χ4n) is 1.92. The maximum absolute atomic E-state index is 3.79. The van der Waals surface area contributed by atoms with Crippen molar-refractivity contribution in [3.8, 4) is 0 Å². The van der Waals surface area contributed by atoms with Crippen LogP contribution in [0.5, 0.6) is 0 Å². The van der Waals surface area contributed by atoms with Crippen LogP contribution in [-0.4, -0.2) is 3.66 Å². The van der Waals surface area contributed by atoms with Gasteiger partial charge in [0.05, 0.1) is 4.75 Å². The first-order valence-electron chi connectivity index (χ1n) is 4.59. The van der Waals surface area contributed by atoms with Crippen LogP contribution in [0.2, 0.25) is 0 Å². The Bertz CT molecular complexity index is 423. The summed E-state index contributed by atoms with van der Waals surface area (Å²) < 4.78 is 0.249. The molecule has 14 heavy (non-hydrogen) atoms. The summed E-state index contributed by atoms with van der Waals surface area (Å²) >= 11 is 5.73. The van der Waals surface area contributed by atoms with E-state index >= 15 is 0 Å². The van der Waals surface area contributed by atoms with E-state index in [-0.39, 0.29) is 8.40 Å². The molecule has 0 spiro atoms. The first-order chi connectivity index (χ1) is 6.77. The molecule has 3 rings (SSSR count). The summed E-state index contributed by atoms with van der Waals surface area (Å²) in [6, 6.07) is 10.6. The van der Waals surface area contributed by atoms with Crippen LogP contribution in [0.25, 0.3) is 0 Å². The minimum Gasteiger partial charge on any atom is -0.118 e. The van der Waals surface area contributed by atoms with Gasteiger partial charge in [0.1, 0.15) is 3.66 Å². The van der Waals surface area contributed by atoms with Crippen LogP contribution in [0.3, 0.4) is 0 Å². The van der Waals surface area contributed by atoms with Crippen molar-refractivity contribution < 1.29 is 0 Å². The van der Waals surface area contributed by atoms with Gasteiger partial charge in [0, 0.05) is 0 Å². The molecule has 1 aliphatic carbocycles. The van der Waals surface area contributed by atoms with Crippen LogP contribution < -0.4 is 0 Å². The van der Waals surface area contributed by atoms with Gasteiger partial charge in [-0.15, -0.1) is 11.8 Å². The maximum Gasteiger partial charge on any atom is 0.113 e. The molecular formula is C12H9BrS. The van der Waals surface area contributed by atoms with Gasteiger partial charge in [-0.25, -0.2) is 0 Å². The van der Waals surface area contributed by atoms with E-state index in [1.807, 2.05) is 11.8 Å². The summed E-state index contributed by atoms with van der Waals surface area (Å²) in [5.74, 6) is 0. The molecule has 1 fully saturated rings.